The predicted octanol–water partition coefficient (Wildman–Crippen LogP) is 3.93. The second-order valence-corrected chi connectivity index (χ2v) is 17.1. The summed E-state index contributed by atoms with van der Waals surface area (Å²) in [5, 5.41) is 3.27. The first-order valence-corrected chi connectivity index (χ1v) is 17.9. The van der Waals surface area contributed by atoms with Crippen LogP contribution in [0.1, 0.15) is 103 Å². The third-order valence-corrected chi connectivity index (χ3v) is 13.7. The molecule has 7 nitrogen and oxygen atoms in total. The molecule has 0 aromatic carbocycles. The summed E-state index contributed by atoms with van der Waals surface area (Å²) >= 11 is 7.68. The van der Waals surface area contributed by atoms with Crippen LogP contribution in [-0.2, 0) is 24.2 Å². The fourth-order valence-corrected chi connectivity index (χ4v) is 11.7. The molecule has 4 saturated carbocycles. The second kappa shape index (κ2) is 13.0. The zero-order chi connectivity index (χ0) is 29.9. The Kier molecular flexibility index (Phi) is 10.8. The number of carbonyl (C=O) groups is 2. The van der Waals surface area contributed by atoms with E-state index >= 15 is 0 Å². The molecule has 1 aromatic heterocycles. The molecule has 1 heterocycles. The molecule has 0 bridgehead atoms. The smallest absolute Gasteiger partial charge is 0.726 e. The SMILES string of the molecule is CC(C)C(NC(=O)C[C@@H](C)[C@H]1CC[C@H]2[C@@H]3[C@H](OS(=O)(=O)[O-])C[C@@H]4CC(=O)CC[C@]4(C)[C@H]3CC[C@]12C)c1ccc(Cl)s1.[Na+]. The molecule has 1 N–H and O–H groups in total. The average Bonchev–Trinajstić information content (AvgIpc) is 3.45. The van der Waals surface area contributed by atoms with Gasteiger partial charge in [-0.3, -0.25) is 13.8 Å². The average molecular weight is 650 g/mol. The maximum Gasteiger partial charge on any atom is 1.00 e. The topological polar surface area (TPSA) is 113 Å². The number of hydrogen-bond acceptors (Lipinski definition) is 7. The van der Waals surface area contributed by atoms with E-state index in [9.17, 15) is 22.6 Å². The number of halogens is 1. The van der Waals surface area contributed by atoms with Gasteiger partial charge >= 0.3 is 29.6 Å². The maximum atomic E-state index is 13.3. The molecule has 10 atom stereocenters. The van der Waals surface area contributed by atoms with E-state index in [0.717, 1.165) is 37.0 Å². The van der Waals surface area contributed by atoms with Crippen molar-refractivity contribution in [3.8, 4) is 0 Å². The van der Waals surface area contributed by atoms with Crippen LogP contribution in [0.3, 0.4) is 0 Å². The van der Waals surface area contributed by atoms with Crippen LogP contribution in [-0.4, -0.2) is 30.8 Å². The Bertz CT molecular complexity index is 1270. The molecule has 0 aliphatic heterocycles. The van der Waals surface area contributed by atoms with Gasteiger partial charge in [0.1, 0.15) is 5.78 Å². The van der Waals surface area contributed by atoms with Gasteiger partial charge in [-0.1, -0.05) is 46.2 Å². The minimum absolute atomic E-state index is 0. The molecule has 1 unspecified atom stereocenters. The first-order chi connectivity index (χ1) is 19.1. The number of Topliss-reactive ketones (excluding diaryl/α,β-unsaturated/α-hetero) is 1. The number of ketones is 1. The summed E-state index contributed by atoms with van der Waals surface area (Å²) in [5.41, 5.74) is -0.117. The van der Waals surface area contributed by atoms with Crippen LogP contribution >= 0.6 is 22.9 Å². The van der Waals surface area contributed by atoms with Gasteiger partial charge in [-0.15, -0.1) is 11.3 Å². The third-order valence-electron chi connectivity index (χ3n) is 11.9. The van der Waals surface area contributed by atoms with E-state index in [-0.39, 0.29) is 93.6 Å². The van der Waals surface area contributed by atoms with Gasteiger partial charge in [0, 0.05) is 24.1 Å². The normalized spacial score (nSPS) is 37.7. The van der Waals surface area contributed by atoms with Crippen molar-refractivity contribution in [3.63, 3.8) is 0 Å². The third kappa shape index (κ3) is 6.74. The van der Waals surface area contributed by atoms with Crippen molar-refractivity contribution in [3.05, 3.63) is 21.3 Å². The van der Waals surface area contributed by atoms with E-state index in [0.29, 0.717) is 35.9 Å². The van der Waals surface area contributed by atoms with E-state index in [1.165, 1.54) is 11.3 Å². The number of amides is 1. The molecule has 4 aliphatic rings. The summed E-state index contributed by atoms with van der Waals surface area (Å²) < 4.78 is 41.7. The molecular formula is C31H45ClNNaO6S2. The first-order valence-electron chi connectivity index (χ1n) is 15.3. The van der Waals surface area contributed by atoms with Gasteiger partial charge < -0.3 is 9.87 Å². The fraction of sp³-hybridized carbons (Fsp3) is 0.806. The van der Waals surface area contributed by atoms with Crippen molar-refractivity contribution >= 4 is 45.0 Å². The van der Waals surface area contributed by atoms with Gasteiger partial charge in [0.05, 0.1) is 16.5 Å². The Morgan fingerprint density at radius 1 is 1.14 bits per heavy atom. The zero-order valence-electron chi connectivity index (χ0n) is 25.9. The Hall–Kier alpha value is 0.000000000000000222. The van der Waals surface area contributed by atoms with Crippen LogP contribution in [0, 0.1) is 52.3 Å². The Morgan fingerprint density at radius 2 is 1.83 bits per heavy atom. The molecule has 5 rings (SSSR count). The second-order valence-electron chi connectivity index (χ2n) is 14.4. The Morgan fingerprint density at radius 3 is 2.45 bits per heavy atom. The monoisotopic (exact) mass is 649 g/mol. The van der Waals surface area contributed by atoms with Gasteiger partial charge in [0.15, 0.2) is 0 Å². The predicted molar refractivity (Wildman–Crippen MR) is 159 cm³/mol. The van der Waals surface area contributed by atoms with Crippen LogP contribution in [0.5, 0.6) is 0 Å². The summed E-state index contributed by atoms with van der Waals surface area (Å²) in [5.74, 6) is 1.43. The van der Waals surface area contributed by atoms with Gasteiger partial charge in [0.25, 0.3) is 0 Å². The summed E-state index contributed by atoms with van der Waals surface area (Å²) in [7, 11) is -4.88. The van der Waals surface area contributed by atoms with Crippen molar-refractivity contribution in [2.24, 2.45) is 52.3 Å². The van der Waals surface area contributed by atoms with Crippen LogP contribution in [0.15, 0.2) is 12.1 Å². The van der Waals surface area contributed by atoms with Crippen LogP contribution < -0.4 is 34.9 Å². The van der Waals surface area contributed by atoms with Crippen molar-refractivity contribution in [2.45, 2.75) is 105 Å². The van der Waals surface area contributed by atoms with Crippen LogP contribution in [0.25, 0.3) is 0 Å². The van der Waals surface area contributed by atoms with E-state index in [1.807, 2.05) is 12.1 Å². The molecule has 4 aliphatic carbocycles. The Labute approximate surface area is 282 Å². The number of nitrogens with one attached hydrogen (secondary N) is 1. The Balaban J connectivity index is 0.00000405. The van der Waals surface area contributed by atoms with E-state index in [1.54, 1.807) is 0 Å². The minimum atomic E-state index is -4.88. The molecule has 11 heteroatoms. The minimum Gasteiger partial charge on any atom is -0.726 e. The fourth-order valence-electron chi connectivity index (χ4n) is 9.94. The van der Waals surface area contributed by atoms with E-state index in [4.69, 9.17) is 15.8 Å². The summed E-state index contributed by atoms with van der Waals surface area (Å²) in [6.07, 6.45) is 5.90. The molecule has 42 heavy (non-hydrogen) atoms. The number of carbonyl (C=O) groups excluding carboxylic acids is 2. The molecule has 4 fully saturated rings. The van der Waals surface area contributed by atoms with Crippen LogP contribution in [0.4, 0.5) is 0 Å². The molecule has 0 spiro atoms. The van der Waals surface area contributed by atoms with Gasteiger partial charge in [-0.2, -0.15) is 0 Å². The quantitative estimate of drug-likeness (QED) is 0.260. The van der Waals surface area contributed by atoms with E-state index < -0.39 is 16.5 Å². The number of thiophene rings is 1. The van der Waals surface area contributed by atoms with E-state index in [2.05, 4.69) is 39.9 Å². The molecule has 0 radical (unpaired) electrons. The van der Waals surface area contributed by atoms with Gasteiger partial charge in [-0.05, 0) is 103 Å². The molecule has 1 aromatic rings. The number of rotatable bonds is 8. The maximum absolute atomic E-state index is 13.3. The standard InChI is InChI=1S/C31H46ClNO6S2.Na/c1-17(2)29(25-8-9-26(32)40-25)33-27(35)14-18(3)21-6-7-22-28-23(11-13-31(21,22)5)30(4)12-10-20(34)15-19(30)16-24(28)39-41(36,37)38;/h8-9,17-19,21-24,28-29H,6-7,10-16H2,1-5H3,(H,33,35)(H,36,37,38);/q;+1/p-1/t18-,19+,21-,22+,23+,24-,28+,29?,30+,31-;/m1./s1. The number of hydrogen-bond donors (Lipinski definition) is 1. The van der Waals surface area contributed by atoms with Crippen molar-refractivity contribution in [1.82, 2.24) is 5.32 Å². The summed E-state index contributed by atoms with van der Waals surface area (Å²) in [4.78, 5) is 26.8. The molecule has 230 valence electrons. The van der Waals surface area contributed by atoms with Crippen molar-refractivity contribution in [1.29, 1.82) is 0 Å². The van der Waals surface area contributed by atoms with Crippen LogP contribution in [0.2, 0.25) is 4.34 Å². The van der Waals surface area contributed by atoms with Gasteiger partial charge in [-0.25, -0.2) is 8.42 Å². The first kappa shape index (κ1) is 34.9. The zero-order valence-corrected chi connectivity index (χ0v) is 30.2. The molecule has 0 saturated heterocycles. The van der Waals surface area contributed by atoms with Crippen molar-refractivity contribution < 1.29 is 56.3 Å². The largest absolute Gasteiger partial charge is 1.00 e. The number of fused-ring (bicyclic) bond motifs is 5. The van der Waals surface area contributed by atoms with Gasteiger partial charge in [0.2, 0.25) is 16.3 Å². The summed E-state index contributed by atoms with van der Waals surface area (Å²) in [6, 6.07) is 3.77. The molecular weight excluding hydrogens is 605 g/mol. The van der Waals surface area contributed by atoms with Crippen molar-refractivity contribution in [2.75, 3.05) is 0 Å². The molecule has 1 amide bonds. The summed E-state index contributed by atoms with van der Waals surface area (Å²) in [6.45, 7) is 11.0.